The average molecular weight is 419 g/mol. The quantitative estimate of drug-likeness (QED) is 0.706. The molecule has 6 nitrogen and oxygen atoms in total. The highest BCUT2D eigenvalue weighted by molar-refractivity contribution is 7.89. The number of hydrogen-bond acceptors (Lipinski definition) is 3. The van der Waals surface area contributed by atoms with Crippen LogP contribution in [0.4, 0.5) is 8.78 Å². The molecule has 0 spiro atoms. The van der Waals surface area contributed by atoms with Crippen molar-refractivity contribution < 1.29 is 22.0 Å². The highest BCUT2D eigenvalue weighted by atomic mass is 32.2. The maximum Gasteiger partial charge on any atom is 0.243 e. The van der Waals surface area contributed by atoms with Crippen LogP contribution in [0, 0.1) is 11.6 Å². The number of amides is 1. The summed E-state index contributed by atoms with van der Waals surface area (Å²) in [6, 6.07) is 10.2. The topological polar surface area (TPSA) is 73.5 Å². The number of fused-ring (bicyclic) bond motifs is 1. The molecule has 29 heavy (non-hydrogen) atoms. The normalized spacial score (nSPS) is 15.7. The number of aromatic nitrogens is 1. The first kappa shape index (κ1) is 19.5. The van der Waals surface area contributed by atoms with Crippen molar-refractivity contribution >= 4 is 26.8 Å². The van der Waals surface area contributed by atoms with E-state index < -0.39 is 21.7 Å². The Balaban J connectivity index is 1.42. The fraction of sp³-hybridized carbons (Fsp3) is 0.250. The first-order chi connectivity index (χ1) is 13.9. The minimum absolute atomic E-state index is 0.0837. The van der Waals surface area contributed by atoms with Gasteiger partial charge in [0.1, 0.15) is 0 Å². The molecule has 0 atom stereocenters. The van der Waals surface area contributed by atoms with E-state index in [1.807, 2.05) is 30.5 Å². The zero-order valence-corrected chi connectivity index (χ0v) is 16.3. The Morgan fingerprint density at radius 2 is 1.72 bits per heavy atom. The SMILES string of the molecule is O=C(Cc1c[nH]c2ccccc12)N1CCN(S(=O)(=O)c2ccc(F)c(F)c2)CC1. The molecule has 1 fully saturated rings. The summed E-state index contributed by atoms with van der Waals surface area (Å²) in [5.41, 5.74) is 1.85. The van der Waals surface area contributed by atoms with Gasteiger partial charge in [0.05, 0.1) is 11.3 Å². The van der Waals surface area contributed by atoms with Crippen molar-refractivity contribution in [3.05, 3.63) is 65.9 Å². The summed E-state index contributed by atoms with van der Waals surface area (Å²) in [4.78, 5) is 17.1. The van der Waals surface area contributed by atoms with E-state index in [0.717, 1.165) is 28.6 Å². The number of carbonyl (C=O) groups is 1. The second kappa shape index (κ2) is 7.57. The molecular formula is C20H19F2N3O3S. The number of para-hydroxylation sites is 1. The average Bonchev–Trinajstić information content (AvgIpc) is 3.13. The van der Waals surface area contributed by atoms with Crippen molar-refractivity contribution in [1.82, 2.24) is 14.2 Å². The van der Waals surface area contributed by atoms with Gasteiger partial charge in [0, 0.05) is 43.3 Å². The van der Waals surface area contributed by atoms with Gasteiger partial charge >= 0.3 is 0 Å². The van der Waals surface area contributed by atoms with Crippen LogP contribution >= 0.6 is 0 Å². The first-order valence-electron chi connectivity index (χ1n) is 9.14. The fourth-order valence-electron chi connectivity index (χ4n) is 3.52. The van der Waals surface area contributed by atoms with Crippen LogP contribution in [-0.2, 0) is 21.2 Å². The summed E-state index contributed by atoms with van der Waals surface area (Å²) in [6.07, 6.45) is 2.03. The number of carbonyl (C=O) groups excluding carboxylic acids is 1. The third-order valence-corrected chi connectivity index (χ3v) is 7.03. The molecule has 1 aliphatic rings. The van der Waals surface area contributed by atoms with Gasteiger partial charge in [0.15, 0.2) is 11.6 Å². The van der Waals surface area contributed by atoms with Gasteiger partial charge in [0.25, 0.3) is 0 Å². The van der Waals surface area contributed by atoms with Crippen LogP contribution < -0.4 is 0 Å². The molecule has 0 saturated carbocycles. The van der Waals surface area contributed by atoms with Gasteiger partial charge in [-0.05, 0) is 29.8 Å². The van der Waals surface area contributed by atoms with Gasteiger partial charge in [0.2, 0.25) is 15.9 Å². The predicted octanol–water partition coefficient (Wildman–Crippen LogP) is 2.52. The lowest BCUT2D eigenvalue weighted by Crippen LogP contribution is -2.50. The minimum atomic E-state index is -3.95. The Hall–Kier alpha value is -2.78. The van der Waals surface area contributed by atoms with Crippen LogP contribution in [0.5, 0.6) is 0 Å². The molecule has 0 unspecified atom stereocenters. The van der Waals surface area contributed by atoms with Crippen molar-refractivity contribution in [3.8, 4) is 0 Å². The van der Waals surface area contributed by atoms with Gasteiger partial charge in [-0.2, -0.15) is 4.31 Å². The lowest BCUT2D eigenvalue weighted by molar-refractivity contribution is -0.131. The van der Waals surface area contributed by atoms with Gasteiger partial charge in [-0.25, -0.2) is 17.2 Å². The third kappa shape index (κ3) is 3.75. The van der Waals surface area contributed by atoms with E-state index in [1.165, 1.54) is 4.31 Å². The number of nitrogens with one attached hydrogen (secondary N) is 1. The van der Waals surface area contributed by atoms with Crippen LogP contribution in [0.15, 0.2) is 53.6 Å². The van der Waals surface area contributed by atoms with E-state index in [9.17, 15) is 22.0 Å². The van der Waals surface area contributed by atoms with Crippen molar-refractivity contribution in [3.63, 3.8) is 0 Å². The Morgan fingerprint density at radius 1 is 1.00 bits per heavy atom. The molecule has 152 valence electrons. The molecule has 0 aliphatic carbocycles. The van der Waals surface area contributed by atoms with E-state index in [1.54, 1.807) is 4.90 Å². The van der Waals surface area contributed by atoms with Crippen LogP contribution in [0.1, 0.15) is 5.56 Å². The predicted molar refractivity (Wildman–Crippen MR) is 104 cm³/mol. The summed E-state index contributed by atoms with van der Waals surface area (Å²) < 4.78 is 53.0. The molecule has 2 aromatic carbocycles. The molecule has 1 N–H and O–H groups in total. The number of H-pyrrole nitrogens is 1. The molecule has 0 radical (unpaired) electrons. The number of benzene rings is 2. The molecule has 1 aromatic heterocycles. The number of halogens is 2. The van der Waals surface area contributed by atoms with Gasteiger partial charge in [-0.15, -0.1) is 0 Å². The zero-order chi connectivity index (χ0) is 20.6. The Labute approximate surface area is 166 Å². The van der Waals surface area contributed by atoms with E-state index in [2.05, 4.69) is 4.98 Å². The lowest BCUT2D eigenvalue weighted by Gasteiger charge is -2.34. The van der Waals surface area contributed by atoms with Crippen LogP contribution in [0.25, 0.3) is 10.9 Å². The molecule has 1 aliphatic heterocycles. The van der Waals surface area contributed by atoms with Gasteiger partial charge < -0.3 is 9.88 Å². The van der Waals surface area contributed by atoms with E-state index in [0.29, 0.717) is 6.07 Å². The number of piperazine rings is 1. The number of nitrogens with zero attached hydrogens (tertiary/aromatic N) is 2. The molecule has 3 aromatic rings. The lowest BCUT2D eigenvalue weighted by atomic mass is 10.1. The maximum atomic E-state index is 13.4. The molecule has 9 heteroatoms. The fourth-order valence-corrected chi connectivity index (χ4v) is 4.95. The van der Waals surface area contributed by atoms with Crippen molar-refractivity contribution in [1.29, 1.82) is 0 Å². The van der Waals surface area contributed by atoms with E-state index >= 15 is 0 Å². The standard InChI is InChI=1S/C20H19F2N3O3S/c21-17-6-5-15(12-18(17)22)29(27,28)25-9-7-24(8-10-25)20(26)11-14-13-23-19-4-2-1-3-16(14)19/h1-6,12-13,23H,7-11H2. The number of sulfonamides is 1. The molecule has 1 saturated heterocycles. The Bertz CT molecular complexity index is 1170. The third-order valence-electron chi connectivity index (χ3n) is 5.14. The van der Waals surface area contributed by atoms with E-state index in [-0.39, 0.29) is 43.4 Å². The minimum Gasteiger partial charge on any atom is -0.361 e. The second-order valence-corrected chi connectivity index (χ2v) is 8.83. The number of aromatic amines is 1. The van der Waals surface area contributed by atoms with Crippen LogP contribution in [0.2, 0.25) is 0 Å². The van der Waals surface area contributed by atoms with Gasteiger partial charge in [-0.1, -0.05) is 18.2 Å². The summed E-state index contributed by atoms with van der Waals surface area (Å²) in [5, 5.41) is 0.986. The summed E-state index contributed by atoms with van der Waals surface area (Å²) in [7, 11) is -3.95. The Kier molecular flexibility index (Phi) is 5.10. The summed E-state index contributed by atoms with van der Waals surface area (Å²) >= 11 is 0. The highest BCUT2D eigenvalue weighted by Gasteiger charge is 2.30. The number of hydrogen-bond donors (Lipinski definition) is 1. The maximum absolute atomic E-state index is 13.4. The zero-order valence-electron chi connectivity index (χ0n) is 15.4. The van der Waals surface area contributed by atoms with Crippen molar-refractivity contribution in [2.24, 2.45) is 0 Å². The second-order valence-electron chi connectivity index (χ2n) is 6.90. The van der Waals surface area contributed by atoms with Crippen LogP contribution in [0.3, 0.4) is 0 Å². The molecule has 0 bridgehead atoms. The molecule has 2 heterocycles. The monoisotopic (exact) mass is 419 g/mol. The van der Waals surface area contributed by atoms with Crippen molar-refractivity contribution in [2.45, 2.75) is 11.3 Å². The highest BCUT2D eigenvalue weighted by Crippen LogP contribution is 2.22. The van der Waals surface area contributed by atoms with Crippen molar-refractivity contribution in [2.75, 3.05) is 26.2 Å². The largest absolute Gasteiger partial charge is 0.361 e. The molecule has 1 amide bonds. The summed E-state index contributed by atoms with van der Waals surface area (Å²) in [5.74, 6) is -2.39. The summed E-state index contributed by atoms with van der Waals surface area (Å²) in [6.45, 7) is 0.677. The first-order valence-corrected chi connectivity index (χ1v) is 10.6. The van der Waals surface area contributed by atoms with Gasteiger partial charge in [-0.3, -0.25) is 4.79 Å². The van der Waals surface area contributed by atoms with E-state index in [4.69, 9.17) is 0 Å². The van der Waals surface area contributed by atoms with Crippen LogP contribution in [-0.4, -0.2) is 54.7 Å². The smallest absolute Gasteiger partial charge is 0.243 e. The Morgan fingerprint density at radius 3 is 2.45 bits per heavy atom. The number of rotatable bonds is 4. The molecular weight excluding hydrogens is 400 g/mol. The molecule has 4 rings (SSSR count).